The number of thioether (sulfide) groups is 1. The number of nitrogens with zero attached hydrogens (tertiary/aromatic N) is 1. The number of nitrogens with one attached hydrogen (secondary N) is 1. The molecular weight excluding hydrogens is 256 g/mol. The SMILES string of the molecule is CCCNC1CCCN(c2cccc(SC)c2)C1=O. The number of benzene rings is 1. The summed E-state index contributed by atoms with van der Waals surface area (Å²) in [5, 5.41) is 3.35. The predicted molar refractivity (Wildman–Crippen MR) is 81.9 cm³/mol. The zero-order valence-corrected chi connectivity index (χ0v) is 12.5. The van der Waals surface area contributed by atoms with Crippen LogP contribution < -0.4 is 10.2 Å². The van der Waals surface area contributed by atoms with Crippen molar-refractivity contribution in [1.82, 2.24) is 5.32 Å². The van der Waals surface area contributed by atoms with Gasteiger partial charge in [0.25, 0.3) is 0 Å². The monoisotopic (exact) mass is 278 g/mol. The van der Waals surface area contributed by atoms with Gasteiger partial charge < -0.3 is 10.2 Å². The lowest BCUT2D eigenvalue weighted by atomic mass is 10.0. The van der Waals surface area contributed by atoms with Crippen LogP contribution in [0.2, 0.25) is 0 Å². The van der Waals surface area contributed by atoms with Gasteiger partial charge in [-0.15, -0.1) is 11.8 Å². The van der Waals surface area contributed by atoms with Crippen molar-refractivity contribution in [2.75, 3.05) is 24.2 Å². The smallest absolute Gasteiger partial charge is 0.244 e. The van der Waals surface area contributed by atoms with Crippen molar-refractivity contribution in [3.63, 3.8) is 0 Å². The van der Waals surface area contributed by atoms with E-state index in [4.69, 9.17) is 0 Å². The summed E-state index contributed by atoms with van der Waals surface area (Å²) in [6.07, 6.45) is 5.14. The van der Waals surface area contributed by atoms with Crippen molar-refractivity contribution in [2.45, 2.75) is 37.1 Å². The fourth-order valence-corrected chi connectivity index (χ4v) is 2.87. The Hall–Kier alpha value is -1.00. The molecule has 0 aliphatic carbocycles. The third kappa shape index (κ3) is 3.51. The van der Waals surface area contributed by atoms with Crippen molar-refractivity contribution in [1.29, 1.82) is 0 Å². The number of hydrogen-bond donors (Lipinski definition) is 1. The van der Waals surface area contributed by atoms with E-state index in [0.717, 1.165) is 38.0 Å². The van der Waals surface area contributed by atoms with Crippen LogP contribution in [-0.2, 0) is 4.79 Å². The van der Waals surface area contributed by atoms with Gasteiger partial charge in [0.1, 0.15) is 0 Å². The summed E-state index contributed by atoms with van der Waals surface area (Å²) < 4.78 is 0. The third-order valence-corrected chi connectivity index (χ3v) is 4.17. The van der Waals surface area contributed by atoms with E-state index in [2.05, 4.69) is 30.6 Å². The van der Waals surface area contributed by atoms with Gasteiger partial charge in [-0.1, -0.05) is 13.0 Å². The standard InChI is InChI=1S/C15H22N2OS/c1-3-9-16-14-8-5-10-17(15(14)18)12-6-4-7-13(11-12)19-2/h4,6-7,11,14,16H,3,5,8-10H2,1-2H3. The predicted octanol–water partition coefficient (Wildman–Crippen LogP) is 2.90. The summed E-state index contributed by atoms with van der Waals surface area (Å²) in [4.78, 5) is 15.6. The molecule has 19 heavy (non-hydrogen) atoms. The van der Waals surface area contributed by atoms with Gasteiger partial charge in [-0.2, -0.15) is 0 Å². The van der Waals surface area contributed by atoms with E-state index in [1.54, 1.807) is 11.8 Å². The van der Waals surface area contributed by atoms with Gasteiger partial charge >= 0.3 is 0 Å². The normalized spacial score (nSPS) is 19.8. The first-order valence-electron chi connectivity index (χ1n) is 6.95. The lowest BCUT2D eigenvalue weighted by molar-refractivity contribution is -0.121. The van der Waals surface area contributed by atoms with Crippen LogP contribution in [-0.4, -0.2) is 31.3 Å². The molecule has 0 spiro atoms. The molecule has 1 aromatic rings. The summed E-state index contributed by atoms with van der Waals surface area (Å²) in [6.45, 7) is 3.87. The summed E-state index contributed by atoms with van der Waals surface area (Å²) >= 11 is 1.71. The summed E-state index contributed by atoms with van der Waals surface area (Å²) in [5.41, 5.74) is 1.03. The minimum atomic E-state index is -0.00774. The van der Waals surface area contributed by atoms with Crippen LogP contribution >= 0.6 is 11.8 Å². The Morgan fingerprint density at radius 2 is 2.32 bits per heavy atom. The summed E-state index contributed by atoms with van der Waals surface area (Å²) in [7, 11) is 0. The summed E-state index contributed by atoms with van der Waals surface area (Å²) in [6, 6.07) is 8.23. The van der Waals surface area contributed by atoms with Crippen molar-refractivity contribution in [3.8, 4) is 0 Å². The van der Waals surface area contributed by atoms with Crippen molar-refractivity contribution < 1.29 is 4.79 Å². The molecule has 0 bridgehead atoms. The van der Waals surface area contributed by atoms with Crippen molar-refractivity contribution >= 4 is 23.4 Å². The Morgan fingerprint density at radius 3 is 3.05 bits per heavy atom. The van der Waals surface area contributed by atoms with E-state index in [1.807, 2.05) is 17.0 Å². The zero-order chi connectivity index (χ0) is 13.7. The fraction of sp³-hybridized carbons (Fsp3) is 0.533. The van der Waals surface area contributed by atoms with Crippen LogP contribution in [0.15, 0.2) is 29.2 Å². The molecular formula is C15H22N2OS. The van der Waals surface area contributed by atoms with E-state index in [1.165, 1.54) is 4.90 Å². The van der Waals surface area contributed by atoms with Gasteiger partial charge in [0.05, 0.1) is 6.04 Å². The summed E-state index contributed by atoms with van der Waals surface area (Å²) in [5.74, 6) is 0.220. The van der Waals surface area contributed by atoms with E-state index >= 15 is 0 Å². The highest BCUT2D eigenvalue weighted by atomic mass is 32.2. The first-order valence-corrected chi connectivity index (χ1v) is 8.17. The number of carbonyl (C=O) groups is 1. The van der Waals surface area contributed by atoms with Gasteiger partial charge in [0, 0.05) is 17.1 Å². The van der Waals surface area contributed by atoms with Crippen LogP contribution in [0.25, 0.3) is 0 Å². The van der Waals surface area contributed by atoms with Crippen LogP contribution in [0, 0.1) is 0 Å². The van der Waals surface area contributed by atoms with E-state index in [0.29, 0.717) is 0 Å². The maximum absolute atomic E-state index is 12.5. The second-order valence-electron chi connectivity index (χ2n) is 4.84. The highest BCUT2D eigenvalue weighted by molar-refractivity contribution is 7.98. The Balaban J connectivity index is 2.12. The average Bonchev–Trinajstić information content (AvgIpc) is 2.46. The topological polar surface area (TPSA) is 32.3 Å². The van der Waals surface area contributed by atoms with Crippen LogP contribution in [0.3, 0.4) is 0 Å². The fourth-order valence-electron chi connectivity index (χ4n) is 2.42. The molecule has 3 nitrogen and oxygen atoms in total. The highest BCUT2D eigenvalue weighted by Crippen LogP contribution is 2.25. The van der Waals surface area contributed by atoms with Crippen LogP contribution in [0.4, 0.5) is 5.69 Å². The Kier molecular flexibility index (Phi) is 5.28. The molecule has 2 rings (SSSR count). The molecule has 1 N–H and O–H groups in total. The highest BCUT2D eigenvalue weighted by Gasteiger charge is 2.28. The molecule has 1 heterocycles. The zero-order valence-electron chi connectivity index (χ0n) is 11.7. The van der Waals surface area contributed by atoms with Gasteiger partial charge in [-0.05, 0) is 50.3 Å². The molecule has 4 heteroatoms. The lowest BCUT2D eigenvalue weighted by Gasteiger charge is -2.33. The van der Waals surface area contributed by atoms with Gasteiger partial charge in [-0.3, -0.25) is 4.79 Å². The Bertz CT molecular complexity index is 436. The molecule has 0 saturated carbocycles. The maximum atomic E-state index is 12.5. The molecule has 1 aliphatic rings. The minimum absolute atomic E-state index is 0.00774. The second-order valence-corrected chi connectivity index (χ2v) is 5.72. The molecule has 1 unspecified atom stereocenters. The molecule has 1 aromatic carbocycles. The van der Waals surface area contributed by atoms with E-state index in [9.17, 15) is 4.79 Å². The quantitative estimate of drug-likeness (QED) is 0.841. The molecule has 0 aromatic heterocycles. The molecule has 0 radical (unpaired) electrons. The Labute approximate surface area is 119 Å². The molecule has 1 saturated heterocycles. The first kappa shape index (κ1) is 14.4. The molecule has 1 atom stereocenters. The van der Waals surface area contributed by atoms with Crippen molar-refractivity contribution in [2.24, 2.45) is 0 Å². The number of anilines is 1. The third-order valence-electron chi connectivity index (χ3n) is 3.44. The van der Waals surface area contributed by atoms with Crippen molar-refractivity contribution in [3.05, 3.63) is 24.3 Å². The average molecular weight is 278 g/mol. The lowest BCUT2D eigenvalue weighted by Crippen LogP contribution is -2.51. The Morgan fingerprint density at radius 1 is 1.47 bits per heavy atom. The number of hydrogen-bond acceptors (Lipinski definition) is 3. The molecule has 104 valence electrons. The van der Waals surface area contributed by atoms with E-state index in [-0.39, 0.29) is 11.9 Å². The van der Waals surface area contributed by atoms with Gasteiger partial charge in [0.2, 0.25) is 5.91 Å². The second kappa shape index (κ2) is 6.96. The number of rotatable bonds is 5. The van der Waals surface area contributed by atoms with Gasteiger partial charge in [0.15, 0.2) is 0 Å². The molecule has 1 amide bonds. The molecule has 1 aliphatic heterocycles. The van der Waals surface area contributed by atoms with Crippen LogP contribution in [0.5, 0.6) is 0 Å². The minimum Gasteiger partial charge on any atom is -0.311 e. The maximum Gasteiger partial charge on any atom is 0.244 e. The number of carbonyl (C=O) groups excluding carboxylic acids is 1. The number of amides is 1. The first-order chi connectivity index (χ1) is 9.26. The number of piperidine rings is 1. The van der Waals surface area contributed by atoms with Gasteiger partial charge in [-0.25, -0.2) is 0 Å². The van der Waals surface area contributed by atoms with E-state index < -0.39 is 0 Å². The van der Waals surface area contributed by atoms with Crippen LogP contribution in [0.1, 0.15) is 26.2 Å². The largest absolute Gasteiger partial charge is 0.311 e. The molecule has 1 fully saturated rings.